The Labute approximate surface area is 268 Å². The highest BCUT2D eigenvalue weighted by atomic mass is 16.5. The lowest BCUT2D eigenvalue weighted by Gasteiger charge is -2.30. The minimum absolute atomic E-state index is 0.00366. The minimum Gasteiger partial charge on any atom is -0.453 e. The van der Waals surface area contributed by atoms with E-state index in [1.807, 2.05) is 97.1 Å². The Balaban J connectivity index is 1.14. The first-order valence-electron chi connectivity index (χ1n) is 15.6. The molecular weight excluding hydrogens is 578 g/mol. The molecule has 0 radical (unpaired) electrons. The molecule has 9 heteroatoms. The Morgan fingerprint density at radius 2 is 1.63 bits per heavy atom. The molecule has 2 heterocycles. The molecule has 1 saturated heterocycles. The number of nitrogens with one attached hydrogen (secondary N) is 4. The lowest BCUT2D eigenvalue weighted by atomic mass is 9.84. The smallest absolute Gasteiger partial charge is 0.407 e. The van der Waals surface area contributed by atoms with Gasteiger partial charge in [0.05, 0.1) is 36.9 Å². The lowest BCUT2D eigenvalue weighted by molar-refractivity contribution is -0.118. The van der Waals surface area contributed by atoms with Crippen molar-refractivity contribution >= 4 is 28.7 Å². The Kier molecular flexibility index (Phi) is 9.71. The van der Waals surface area contributed by atoms with Gasteiger partial charge < -0.3 is 30.4 Å². The molecule has 0 spiro atoms. The number of carbonyl (C=O) groups is 2. The molecule has 1 aromatic heterocycles. The molecule has 236 valence electrons. The van der Waals surface area contributed by atoms with Crippen LogP contribution in [0.3, 0.4) is 0 Å². The molecule has 0 unspecified atom stereocenters. The van der Waals surface area contributed by atoms with Gasteiger partial charge in [-0.2, -0.15) is 0 Å². The number of fused-ring (bicyclic) bond motifs is 1. The summed E-state index contributed by atoms with van der Waals surface area (Å²) in [6.07, 6.45) is 0.809. The molecule has 1 aliphatic rings. The standard InChI is InChI=1S/C37H39N5O4/c1-24-12-11-19-30-33(24)41-35(39-30)31-23-46-28(22-38-31)21-20-25-13-9-10-18-29(25)40-36(43)34(42-37(44)45-2)32(26-14-5-3-6-15-26)27-16-7-4-8-17-27/h3-19,28,31-32,34,38H,20-23H2,1-2H3,(H,39,41)(H,40,43)(H,42,44)/t28-,31+,34+/m1/s1. The monoisotopic (exact) mass is 617 g/mol. The first kappa shape index (κ1) is 31.0. The Bertz CT molecular complexity index is 1730. The van der Waals surface area contributed by atoms with Crippen molar-refractivity contribution in [2.45, 2.75) is 43.9 Å². The zero-order chi connectivity index (χ0) is 31.9. The predicted octanol–water partition coefficient (Wildman–Crippen LogP) is 6.03. The number of hydrogen-bond acceptors (Lipinski definition) is 6. The van der Waals surface area contributed by atoms with Gasteiger partial charge in [-0.3, -0.25) is 4.79 Å². The normalized spacial score (nSPS) is 17.0. The van der Waals surface area contributed by atoms with E-state index in [1.54, 1.807) is 0 Å². The molecule has 4 N–H and O–H groups in total. The summed E-state index contributed by atoms with van der Waals surface area (Å²) >= 11 is 0. The number of benzene rings is 4. The van der Waals surface area contributed by atoms with Gasteiger partial charge in [0.1, 0.15) is 11.9 Å². The van der Waals surface area contributed by atoms with Crippen LogP contribution in [0.25, 0.3) is 11.0 Å². The third kappa shape index (κ3) is 7.11. The fraction of sp³-hybridized carbons (Fsp3) is 0.270. The number of morpholine rings is 1. The van der Waals surface area contributed by atoms with Gasteiger partial charge in [0.15, 0.2) is 0 Å². The number of carbonyl (C=O) groups excluding carboxylic acids is 2. The number of nitrogens with zero attached hydrogens (tertiary/aromatic N) is 1. The summed E-state index contributed by atoms with van der Waals surface area (Å²) in [6.45, 7) is 3.27. The molecule has 0 saturated carbocycles. The van der Waals surface area contributed by atoms with Gasteiger partial charge in [0.2, 0.25) is 5.91 Å². The third-order valence-electron chi connectivity index (χ3n) is 8.56. The number of ether oxygens (including phenoxy) is 2. The van der Waals surface area contributed by atoms with Gasteiger partial charge in [-0.1, -0.05) is 91.0 Å². The first-order valence-corrected chi connectivity index (χ1v) is 15.6. The van der Waals surface area contributed by atoms with E-state index in [0.717, 1.165) is 45.5 Å². The van der Waals surface area contributed by atoms with Crippen LogP contribution in [-0.2, 0) is 20.7 Å². The number of H-pyrrole nitrogens is 1. The van der Waals surface area contributed by atoms with Crippen molar-refractivity contribution in [2.24, 2.45) is 0 Å². The van der Waals surface area contributed by atoms with E-state index in [4.69, 9.17) is 14.5 Å². The number of aromatic amines is 1. The highest BCUT2D eigenvalue weighted by molar-refractivity contribution is 5.98. The van der Waals surface area contributed by atoms with E-state index < -0.39 is 18.1 Å². The summed E-state index contributed by atoms with van der Waals surface area (Å²) < 4.78 is 11.2. The molecule has 0 bridgehead atoms. The molecule has 6 rings (SSSR count). The second kappa shape index (κ2) is 14.4. The van der Waals surface area contributed by atoms with Gasteiger partial charge in [0, 0.05) is 18.2 Å². The lowest BCUT2D eigenvalue weighted by Crippen LogP contribution is -2.48. The summed E-state index contributed by atoms with van der Waals surface area (Å²) in [7, 11) is 1.29. The largest absolute Gasteiger partial charge is 0.453 e. The van der Waals surface area contributed by atoms with Crippen LogP contribution in [0.5, 0.6) is 0 Å². The Morgan fingerprint density at radius 3 is 2.28 bits per heavy atom. The molecule has 3 atom stereocenters. The molecule has 9 nitrogen and oxygen atoms in total. The number of anilines is 1. The number of hydrogen-bond donors (Lipinski definition) is 4. The van der Waals surface area contributed by atoms with Gasteiger partial charge in [-0.25, -0.2) is 9.78 Å². The highest BCUT2D eigenvalue weighted by Gasteiger charge is 2.33. The van der Waals surface area contributed by atoms with Crippen molar-refractivity contribution in [3.05, 3.63) is 131 Å². The average Bonchev–Trinajstić information content (AvgIpc) is 3.54. The zero-order valence-electron chi connectivity index (χ0n) is 26.0. The molecule has 4 aromatic carbocycles. The minimum atomic E-state index is -0.935. The number of para-hydroxylation sites is 2. The van der Waals surface area contributed by atoms with E-state index in [2.05, 4.69) is 33.9 Å². The molecule has 1 aliphatic heterocycles. The second-order valence-corrected chi connectivity index (χ2v) is 11.6. The third-order valence-corrected chi connectivity index (χ3v) is 8.56. The molecule has 1 fully saturated rings. The fourth-order valence-electron chi connectivity index (χ4n) is 6.12. The summed E-state index contributed by atoms with van der Waals surface area (Å²) in [5.74, 6) is 0.101. The number of imidazole rings is 1. The van der Waals surface area contributed by atoms with Crippen molar-refractivity contribution in [1.29, 1.82) is 0 Å². The van der Waals surface area contributed by atoms with Crippen LogP contribution in [0.15, 0.2) is 103 Å². The highest BCUT2D eigenvalue weighted by Crippen LogP contribution is 2.30. The van der Waals surface area contributed by atoms with Gasteiger partial charge >= 0.3 is 6.09 Å². The maximum atomic E-state index is 14.0. The van der Waals surface area contributed by atoms with Crippen LogP contribution in [0, 0.1) is 6.92 Å². The number of amides is 2. The maximum Gasteiger partial charge on any atom is 0.407 e. The summed E-state index contributed by atoms with van der Waals surface area (Å²) in [4.78, 5) is 34.8. The van der Waals surface area contributed by atoms with Gasteiger partial charge in [-0.05, 0) is 54.2 Å². The van der Waals surface area contributed by atoms with E-state index in [0.29, 0.717) is 25.3 Å². The van der Waals surface area contributed by atoms with Crippen molar-refractivity contribution in [1.82, 2.24) is 20.6 Å². The summed E-state index contributed by atoms with van der Waals surface area (Å²) in [5, 5.41) is 9.51. The van der Waals surface area contributed by atoms with E-state index in [9.17, 15) is 9.59 Å². The van der Waals surface area contributed by atoms with E-state index in [1.165, 1.54) is 7.11 Å². The average molecular weight is 618 g/mol. The van der Waals surface area contributed by atoms with Crippen LogP contribution in [0.1, 0.15) is 46.5 Å². The quantitative estimate of drug-likeness (QED) is 0.152. The van der Waals surface area contributed by atoms with E-state index >= 15 is 0 Å². The van der Waals surface area contributed by atoms with Gasteiger partial charge in [0.25, 0.3) is 0 Å². The van der Waals surface area contributed by atoms with Crippen molar-refractivity contribution in [3.8, 4) is 0 Å². The molecule has 5 aromatic rings. The topological polar surface area (TPSA) is 117 Å². The maximum absolute atomic E-state index is 14.0. The Hall–Kier alpha value is -4.99. The first-order chi connectivity index (χ1) is 22.5. The van der Waals surface area contributed by atoms with Crippen LogP contribution in [0.2, 0.25) is 0 Å². The van der Waals surface area contributed by atoms with Crippen LogP contribution < -0.4 is 16.0 Å². The van der Waals surface area contributed by atoms with Crippen molar-refractivity contribution < 1.29 is 19.1 Å². The Morgan fingerprint density at radius 1 is 0.935 bits per heavy atom. The summed E-state index contributed by atoms with van der Waals surface area (Å²) in [5.41, 5.74) is 6.64. The number of aryl methyl sites for hydroxylation is 2. The molecule has 2 amide bonds. The fourth-order valence-corrected chi connectivity index (χ4v) is 6.12. The van der Waals surface area contributed by atoms with Crippen LogP contribution in [0.4, 0.5) is 10.5 Å². The molecular formula is C37H39N5O4. The number of methoxy groups -OCH3 is 1. The number of aromatic nitrogens is 2. The number of rotatable bonds is 10. The predicted molar refractivity (Wildman–Crippen MR) is 179 cm³/mol. The SMILES string of the molecule is COC(=O)N[C@H](C(=O)Nc1ccccc1CC[C@@H]1CN[C@H](c2nc3c(C)cccc3[nH]2)CO1)C(c1ccccc1)c1ccccc1. The van der Waals surface area contributed by atoms with Crippen molar-refractivity contribution in [2.75, 3.05) is 25.6 Å². The van der Waals surface area contributed by atoms with E-state index in [-0.39, 0.29) is 18.1 Å². The number of alkyl carbamates (subject to hydrolysis) is 1. The van der Waals surface area contributed by atoms with Gasteiger partial charge in [-0.15, -0.1) is 0 Å². The van der Waals surface area contributed by atoms with Crippen LogP contribution >= 0.6 is 0 Å². The van der Waals surface area contributed by atoms with Crippen LogP contribution in [-0.4, -0.2) is 54.4 Å². The second-order valence-electron chi connectivity index (χ2n) is 11.6. The zero-order valence-corrected chi connectivity index (χ0v) is 26.0. The molecule has 0 aliphatic carbocycles. The molecule has 46 heavy (non-hydrogen) atoms. The van der Waals surface area contributed by atoms with Crippen molar-refractivity contribution in [3.63, 3.8) is 0 Å². The summed E-state index contributed by atoms with van der Waals surface area (Å²) in [6, 6.07) is 32.4.